The molecule has 7 heteroatoms. The van der Waals surface area contributed by atoms with Crippen LogP contribution in [0, 0.1) is 0 Å². The van der Waals surface area contributed by atoms with Gasteiger partial charge in [0, 0.05) is 38.5 Å². The number of aryl methyl sites for hydroxylation is 1. The number of nitrogens with one attached hydrogen (secondary N) is 1. The third-order valence-electron chi connectivity index (χ3n) is 3.53. The zero-order chi connectivity index (χ0) is 17.7. The molecule has 1 heterocycles. The maximum Gasteiger partial charge on any atom is 0.330 e. The molecule has 2 rings (SSSR count). The Morgan fingerprint density at radius 2 is 1.96 bits per heavy atom. The predicted octanol–water partition coefficient (Wildman–Crippen LogP) is 0.422. The number of nitrogens with zero attached hydrogens (tertiary/aromatic N) is 2. The van der Waals surface area contributed by atoms with Gasteiger partial charge in [-0.25, -0.2) is 4.79 Å². The molecule has 0 spiro atoms. The van der Waals surface area contributed by atoms with Crippen LogP contribution in [-0.2, 0) is 25.4 Å². The summed E-state index contributed by atoms with van der Waals surface area (Å²) in [5.41, 5.74) is 0.233. The molecule has 0 atom stereocenters. The number of hydrogen-bond donors (Lipinski definition) is 1. The summed E-state index contributed by atoms with van der Waals surface area (Å²) in [6, 6.07) is 7.37. The predicted molar refractivity (Wildman–Crippen MR) is 90.8 cm³/mol. The number of aromatic nitrogens is 2. The lowest BCUT2D eigenvalue weighted by molar-refractivity contribution is -0.116. The summed E-state index contributed by atoms with van der Waals surface area (Å²) in [5, 5.41) is 2.72. The molecule has 0 fully saturated rings. The first-order chi connectivity index (χ1) is 11.4. The minimum atomic E-state index is -0.452. The lowest BCUT2D eigenvalue weighted by Crippen LogP contribution is -2.37. The quantitative estimate of drug-likeness (QED) is 0.806. The van der Waals surface area contributed by atoms with E-state index in [4.69, 9.17) is 4.74 Å². The molecule has 0 saturated heterocycles. The Labute approximate surface area is 138 Å². The van der Waals surface area contributed by atoms with Gasteiger partial charge in [0.2, 0.25) is 5.91 Å². The van der Waals surface area contributed by atoms with Crippen molar-refractivity contribution in [3.8, 4) is 5.75 Å². The Kier molecular flexibility index (Phi) is 5.36. The summed E-state index contributed by atoms with van der Waals surface area (Å²) >= 11 is 0. The van der Waals surface area contributed by atoms with Crippen LogP contribution < -0.4 is 21.3 Å². The fourth-order valence-corrected chi connectivity index (χ4v) is 2.21. The zero-order valence-electron chi connectivity index (χ0n) is 13.8. The average Bonchev–Trinajstić information content (AvgIpc) is 2.60. The number of methoxy groups -OCH3 is 1. The fourth-order valence-electron chi connectivity index (χ4n) is 2.21. The molecule has 1 N–H and O–H groups in total. The topological polar surface area (TPSA) is 82.3 Å². The summed E-state index contributed by atoms with van der Waals surface area (Å²) < 4.78 is 7.49. The molecule has 0 radical (unpaired) electrons. The zero-order valence-corrected chi connectivity index (χ0v) is 13.8. The van der Waals surface area contributed by atoms with Crippen molar-refractivity contribution < 1.29 is 9.53 Å². The highest BCUT2D eigenvalue weighted by molar-refractivity contribution is 5.91. The largest absolute Gasteiger partial charge is 0.496 e. The summed E-state index contributed by atoms with van der Waals surface area (Å²) in [4.78, 5) is 35.5. The molecule has 0 unspecified atom stereocenters. The van der Waals surface area contributed by atoms with Crippen LogP contribution in [0.3, 0.4) is 0 Å². The lowest BCUT2D eigenvalue weighted by Gasteiger charge is -2.08. The second kappa shape index (κ2) is 7.45. The average molecular weight is 329 g/mol. The summed E-state index contributed by atoms with van der Waals surface area (Å²) in [5.74, 6) is 0.338. The van der Waals surface area contributed by atoms with Crippen molar-refractivity contribution in [2.45, 2.75) is 6.54 Å². The molecular weight excluding hydrogens is 310 g/mol. The highest BCUT2D eigenvalue weighted by Gasteiger charge is 2.05. The molecule has 0 aliphatic heterocycles. The van der Waals surface area contributed by atoms with Gasteiger partial charge in [0.05, 0.1) is 12.7 Å². The third kappa shape index (κ3) is 3.81. The SMILES string of the molecule is COc1ccccc1CNC(=O)/C=C/c1cn(C)c(=O)n(C)c1=O. The first-order valence-corrected chi connectivity index (χ1v) is 7.28. The molecular formula is C17H19N3O4. The molecule has 0 bridgehead atoms. The number of carbonyl (C=O) groups excluding carboxylic acids is 1. The van der Waals surface area contributed by atoms with E-state index in [2.05, 4.69) is 5.32 Å². The van der Waals surface area contributed by atoms with Crippen molar-refractivity contribution in [1.29, 1.82) is 0 Å². The van der Waals surface area contributed by atoms with Crippen molar-refractivity contribution in [1.82, 2.24) is 14.5 Å². The van der Waals surface area contributed by atoms with E-state index in [-0.39, 0.29) is 11.5 Å². The van der Waals surface area contributed by atoms with Crippen LogP contribution in [-0.4, -0.2) is 22.2 Å². The van der Waals surface area contributed by atoms with Crippen molar-refractivity contribution >= 4 is 12.0 Å². The van der Waals surface area contributed by atoms with Gasteiger partial charge in [-0.2, -0.15) is 0 Å². The van der Waals surface area contributed by atoms with Crippen molar-refractivity contribution in [3.05, 3.63) is 68.5 Å². The fraction of sp³-hybridized carbons (Fsp3) is 0.235. The van der Waals surface area contributed by atoms with E-state index in [1.54, 1.807) is 14.2 Å². The second-order valence-electron chi connectivity index (χ2n) is 5.21. The highest BCUT2D eigenvalue weighted by atomic mass is 16.5. The van der Waals surface area contributed by atoms with E-state index in [1.807, 2.05) is 24.3 Å². The minimum Gasteiger partial charge on any atom is -0.496 e. The Morgan fingerprint density at radius 1 is 1.25 bits per heavy atom. The van der Waals surface area contributed by atoms with Gasteiger partial charge in [-0.1, -0.05) is 18.2 Å². The van der Waals surface area contributed by atoms with E-state index in [0.717, 1.165) is 10.1 Å². The molecule has 1 aromatic carbocycles. The number of hydrogen-bond acceptors (Lipinski definition) is 4. The van der Waals surface area contributed by atoms with Gasteiger partial charge in [0.25, 0.3) is 5.56 Å². The molecule has 0 aliphatic carbocycles. The van der Waals surface area contributed by atoms with E-state index in [0.29, 0.717) is 12.3 Å². The maximum atomic E-state index is 12.0. The summed E-state index contributed by atoms with van der Waals surface area (Å²) in [6.07, 6.45) is 4.05. The Bertz CT molecular complexity index is 893. The van der Waals surface area contributed by atoms with Crippen LogP contribution in [0.25, 0.3) is 6.08 Å². The number of para-hydroxylation sites is 1. The highest BCUT2D eigenvalue weighted by Crippen LogP contribution is 2.16. The smallest absolute Gasteiger partial charge is 0.330 e. The molecule has 7 nitrogen and oxygen atoms in total. The summed E-state index contributed by atoms with van der Waals surface area (Å²) in [7, 11) is 4.50. The normalized spacial score (nSPS) is 10.8. The van der Waals surface area contributed by atoms with Gasteiger partial charge < -0.3 is 14.6 Å². The molecule has 0 aliphatic rings. The van der Waals surface area contributed by atoms with Crippen molar-refractivity contribution in [2.24, 2.45) is 14.1 Å². The Morgan fingerprint density at radius 3 is 2.67 bits per heavy atom. The Hall–Kier alpha value is -3.09. The van der Waals surface area contributed by atoms with Gasteiger partial charge in [-0.3, -0.25) is 14.2 Å². The number of carbonyl (C=O) groups is 1. The molecule has 126 valence electrons. The van der Waals surface area contributed by atoms with Crippen LogP contribution in [0.15, 0.2) is 46.1 Å². The second-order valence-corrected chi connectivity index (χ2v) is 5.21. The molecule has 2 aromatic rings. The van der Waals surface area contributed by atoms with Gasteiger partial charge in [-0.05, 0) is 12.1 Å². The summed E-state index contributed by atoms with van der Waals surface area (Å²) in [6.45, 7) is 0.304. The van der Waals surface area contributed by atoms with Gasteiger partial charge in [0.15, 0.2) is 0 Å². The number of benzene rings is 1. The third-order valence-corrected chi connectivity index (χ3v) is 3.53. The number of ether oxygens (including phenoxy) is 1. The van der Waals surface area contributed by atoms with Gasteiger partial charge in [-0.15, -0.1) is 0 Å². The van der Waals surface area contributed by atoms with E-state index >= 15 is 0 Å². The first kappa shape index (κ1) is 17.3. The van der Waals surface area contributed by atoms with E-state index < -0.39 is 11.2 Å². The van der Waals surface area contributed by atoms with Crippen LogP contribution in [0.1, 0.15) is 11.1 Å². The van der Waals surface area contributed by atoms with Crippen LogP contribution in [0.5, 0.6) is 5.75 Å². The van der Waals surface area contributed by atoms with Gasteiger partial charge in [0.1, 0.15) is 5.75 Å². The maximum absolute atomic E-state index is 12.0. The number of amides is 1. The van der Waals surface area contributed by atoms with Gasteiger partial charge >= 0.3 is 5.69 Å². The Balaban J connectivity index is 2.09. The molecule has 0 saturated carbocycles. The first-order valence-electron chi connectivity index (χ1n) is 7.28. The molecule has 1 amide bonds. The van der Waals surface area contributed by atoms with Crippen LogP contribution >= 0.6 is 0 Å². The van der Waals surface area contributed by atoms with Crippen LogP contribution in [0.4, 0.5) is 0 Å². The lowest BCUT2D eigenvalue weighted by atomic mass is 10.2. The van der Waals surface area contributed by atoms with Crippen molar-refractivity contribution in [2.75, 3.05) is 7.11 Å². The minimum absolute atomic E-state index is 0.257. The van der Waals surface area contributed by atoms with E-state index in [1.165, 1.54) is 30.0 Å². The van der Waals surface area contributed by atoms with E-state index in [9.17, 15) is 14.4 Å². The monoisotopic (exact) mass is 329 g/mol. The van der Waals surface area contributed by atoms with Crippen LogP contribution in [0.2, 0.25) is 0 Å². The standard InChI is InChI=1S/C17H19N3O4/c1-19-11-13(16(22)20(2)17(19)23)8-9-15(21)18-10-12-6-4-5-7-14(12)24-3/h4-9,11H,10H2,1-3H3,(H,18,21)/b9-8+. The number of rotatable bonds is 5. The molecule has 24 heavy (non-hydrogen) atoms. The van der Waals surface area contributed by atoms with Crippen molar-refractivity contribution in [3.63, 3.8) is 0 Å². The molecule has 1 aromatic heterocycles.